The summed E-state index contributed by atoms with van der Waals surface area (Å²) in [6.07, 6.45) is 0.357. The summed E-state index contributed by atoms with van der Waals surface area (Å²) in [5.74, 6) is 0.715. The van der Waals surface area contributed by atoms with Gasteiger partial charge in [0, 0.05) is 24.7 Å². The van der Waals surface area contributed by atoms with E-state index in [2.05, 4.69) is 5.10 Å². The molecule has 0 spiro atoms. The molecule has 1 aromatic heterocycles. The number of aromatic nitrogens is 2. The molecule has 0 amide bonds. The number of rotatable bonds is 5. The van der Waals surface area contributed by atoms with Gasteiger partial charge in [0.25, 0.3) is 0 Å². The highest BCUT2D eigenvalue weighted by atomic mass is 16.5. The van der Waals surface area contributed by atoms with Crippen molar-refractivity contribution in [2.45, 2.75) is 27.2 Å². The number of carbonyl (C=O) groups is 1. The third kappa shape index (κ3) is 2.74. The van der Waals surface area contributed by atoms with E-state index in [-0.39, 0.29) is 5.78 Å². The van der Waals surface area contributed by atoms with E-state index in [1.165, 1.54) is 0 Å². The van der Waals surface area contributed by atoms with E-state index in [9.17, 15) is 4.79 Å². The van der Waals surface area contributed by atoms with Crippen molar-refractivity contribution in [1.29, 1.82) is 0 Å². The molecule has 0 saturated heterocycles. The Hall–Kier alpha value is -2.10. The van der Waals surface area contributed by atoms with E-state index >= 15 is 0 Å². The van der Waals surface area contributed by atoms with Gasteiger partial charge in [-0.15, -0.1) is 0 Å². The highest BCUT2D eigenvalue weighted by Crippen LogP contribution is 2.22. The van der Waals surface area contributed by atoms with Gasteiger partial charge in [0.2, 0.25) is 0 Å². The predicted molar refractivity (Wildman–Crippen MR) is 78.3 cm³/mol. The number of nitrogens with zero attached hydrogens (tertiary/aromatic N) is 2. The molecule has 0 unspecified atom stereocenters. The highest BCUT2D eigenvalue weighted by Gasteiger charge is 2.17. The van der Waals surface area contributed by atoms with Gasteiger partial charge in [-0.3, -0.25) is 9.48 Å². The minimum Gasteiger partial charge on any atom is -0.493 e. The van der Waals surface area contributed by atoms with Crippen molar-refractivity contribution in [1.82, 2.24) is 9.78 Å². The molecule has 2 aromatic rings. The number of aryl methyl sites for hydroxylation is 2. The molecule has 4 nitrogen and oxygen atoms in total. The summed E-state index contributed by atoms with van der Waals surface area (Å²) in [4.78, 5) is 12.5. The minimum atomic E-state index is 0.0632. The van der Waals surface area contributed by atoms with Crippen LogP contribution in [0.25, 0.3) is 0 Å². The maximum Gasteiger partial charge on any atom is 0.171 e. The molecule has 4 heteroatoms. The summed E-state index contributed by atoms with van der Waals surface area (Å²) in [7, 11) is 1.89. The molecular formula is C16H20N2O2. The van der Waals surface area contributed by atoms with Gasteiger partial charge < -0.3 is 4.74 Å². The fraction of sp³-hybridized carbons (Fsp3) is 0.375. The van der Waals surface area contributed by atoms with Gasteiger partial charge in [-0.2, -0.15) is 5.10 Å². The fourth-order valence-corrected chi connectivity index (χ4v) is 2.31. The minimum absolute atomic E-state index is 0.0632. The lowest BCUT2D eigenvalue weighted by atomic mass is 10.0. The smallest absolute Gasteiger partial charge is 0.171 e. The molecule has 0 N–H and O–H groups in total. The van der Waals surface area contributed by atoms with Crippen molar-refractivity contribution in [3.8, 4) is 5.75 Å². The average molecular weight is 272 g/mol. The Morgan fingerprint density at radius 2 is 2.00 bits per heavy atom. The van der Waals surface area contributed by atoms with Crippen LogP contribution in [-0.4, -0.2) is 22.2 Å². The molecule has 0 atom stereocenters. The first-order chi connectivity index (χ1) is 9.54. The van der Waals surface area contributed by atoms with Gasteiger partial charge in [0.1, 0.15) is 5.75 Å². The molecule has 0 fully saturated rings. The van der Waals surface area contributed by atoms with Crippen molar-refractivity contribution in [2.24, 2.45) is 7.05 Å². The zero-order valence-electron chi connectivity index (χ0n) is 12.4. The summed E-state index contributed by atoms with van der Waals surface area (Å²) < 4.78 is 7.33. The zero-order valence-corrected chi connectivity index (χ0v) is 12.4. The Labute approximate surface area is 119 Å². The van der Waals surface area contributed by atoms with Crippen molar-refractivity contribution in [3.05, 3.63) is 46.8 Å². The summed E-state index contributed by atoms with van der Waals surface area (Å²) in [5.41, 5.74) is 3.58. The Morgan fingerprint density at radius 3 is 2.60 bits per heavy atom. The Bertz CT molecular complexity index is 629. The number of para-hydroxylation sites is 1. The summed E-state index contributed by atoms with van der Waals surface area (Å²) in [6, 6.07) is 7.38. The average Bonchev–Trinajstić information content (AvgIpc) is 2.66. The second-order valence-corrected chi connectivity index (χ2v) is 4.80. The van der Waals surface area contributed by atoms with E-state index in [1.54, 1.807) is 0 Å². The molecule has 0 bridgehead atoms. The van der Waals surface area contributed by atoms with Crippen LogP contribution in [0, 0.1) is 13.8 Å². The van der Waals surface area contributed by atoms with E-state index in [1.807, 2.05) is 56.8 Å². The highest BCUT2D eigenvalue weighted by molar-refractivity contribution is 6.00. The van der Waals surface area contributed by atoms with Crippen LogP contribution in [-0.2, 0) is 13.5 Å². The number of benzene rings is 1. The maximum absolute atomic E-state index is 12.5. The van der Waals surface area contributed by atoms with Crippen LogP contribution in [0.4, 0.5) is 0 Å². The van der Waals surface area contributed by atoms with E-state index in [0.29, 0.717) is 24.3 Å². The molecule has 106 valence electrons. The van der Waals surface area contributed by atoms with Gasteiger partial charge in [0.05, 0.1) is 17.9 Å². The van der Waals surface area contributed by atoms with Gasteiger partial charge in [0.15, 0.2) is 5.78 Å². The van der Waals surface area contributed by atoms with Crippen LogP contribution in [0.15, 0.2) is 24.3 Å². The molecular weight excluding hydrogens is 252 g/mol. The van der Waals surface area contributed by atoms with Crippen LogP contribution in [0.3, 0.4) is 0 Å². The number of hydrogen-bond donors (Lipinski definition) is 0. The van der Waals surface area contributed by atoms with Gasteiger partial charge >= 0.3 is 0 Å². The van der Waals surface area contributed by atoms with E-state index in [0.717, 1.165) is 17.0 Å². The number of ketones is 1. The number of hydrogen-bond acceptors (Lipinski definition) is 3. The van der Waals surface area contributed by atoms with Gasteiger partial charge in [-0.1, -0.05) is 12.1 Å². The molecule has 0 aliphatic carbocycles. The molecule has 0 radical (unpaired) electrons. The monoisotopic (exact) mass is 272 g/mol. The third-order valence-corrected chi connectivity index (χ3v) is 3.48. The lowest BCUT2D eigenvalue weighted by molar-refractivity contribution is 0.0989. The van der Waals surface area contributed by atoms with Crippen molar-refractivity contribution < 1.29 is 9.53 Å². The largest absolute Gasteiger partial charge is 0.493 e. The van der Waals surface area contributed by atoms with Gasteiger partial charge in [-0.05, 0) is 32.9 Å². The molecule has 2 rings (SSSR count). The summed E-state index contributed by atoms with van der Waals surface area (Å²) in [6.45, 7) is 6.38. The van der Waals surface area contributed by atoms with Crippen LogP contribution < -0.4 is 4.74 Å². The van der Waals surface area contributed by atoms with E-state index < -0.39 is 0 Å². The first-order valence-corrected chi connectivity index (χ1v) is 6.78. The second-order valence-electron chi connectivity index (χ2n) is 4.80. The normalized spacial score (nSPS) is 10.6. The Balaban J connectivity index is 2.29. The molecule has 1 heterocycles. The predicted octanol–water partition coefficient (Wildman–Crippen LogP) is 2.86. The number of ether oxygens (including phenoxy) is 1. The molecule has 0 aliphatic rings. The van der Waals surface area contributed by atoms with Crippen molar-refractivity contribution >= 4 is 5.78 Å². The SMILES string of the molecule is CCOc1ccccc1C(=O)Cc1c(C)nn(C)c1C. The van der Waals surface area contributed by atoms with Crippen LogP contribution >= 0.6 is 0 Å². The lowest BCUT2D eigenvalue weighted by Gasteiger charge is -2.09. The second kappa shape index (κ2) is 5.90. The Morgan fingerprint density at radius 1 is 1.30 bits per heavy atom. The topological polar surface area (TPSA) is 44.1 Å². The van der Waals surface area contributed by atoms with Crippen molar-refractivity contribution in [2.75, 3.05) is 6.61 Å². The first-order valence-electron chi connectivity index (χ1n) is 6.78. The van der Waals surface area contributed by atoms with Gasteiger partial charge in [-0.25, -0.2) is 0 Å². The summed E-state index contributed by atoms with van der Waals surface area (Å²) in [5, 5.41) is 4.35. The van der Waals surface area contributed by atoms with Crippen LogP contribution in [0.5, 0.6) is 5.75 Å². The molecule has 0 aliphatic heterocycles. The molecule has 20 heavy (non-hydrogen) atoms. The zero-order chi connectivity index (χ0) is 14.7. The molecule has 1 aromatic carbocycles. The number of carbonyl (C=O) groups excluding carboxylic acids is 1. The van der Waals surface area contributed by atoms with Crippen LogP contribution in [0.1, 0.15) is 34.2 Å². The standard InChI is InChI=1S/C16H20N2O2/c1-5-20-16-9-7-6-8-13(16)15(19)10-14-11(2)17-18(4)12(14)3/h6-9H,5,10H2,1-4H3. The quantitative estimate of drug-likeness (QED) is 0.786. The number of Topliss-reactive ketones (excluding diaryl/α,β-unsaturated/α-hetero) is 1. The summed E-state index contributed by atoms with van der Waals surface area (Å²) >= 11 is 0. The fourth-order valence-electron chi connectivity index (χ4n) is 2.31. The van der Waals surface area contributed by atoms with Crippen LogP contribution in [0.2, 0.25) is 0 Å². The van der Waals surface area contributed by atoms with Crippen molar-refractivity contribution in [3.63, 3.8) is 0 Å². The molecule has 0 saturated carbocycles. The van der Waals surface area contributed by atoms with E-state index in [4.69, 9.17) is 4.74 Å². The third-order valence-electron chi connectivity index (χ3n) is 3.48. The maximum atomic E-state index is 12.5. The first kappa shape index (κ1) is 14.3. The lowest BCUT2D eigenvalue weighted by Crippen LogP contribution is -2.08. The Kier molecular flexibility index (Phi) is 4.23.